The normalized spacial score (nSPS) is 12.2. The molecule has 1 atom stereocenters. The van der Waals surface area contributed by atoms with Crippen LogP contribution in [0.4, 0.5) is 0 Å². The van der Waals surface area contributed by atoms with Crippen LogP contribution in [0.5, 0.6) is 0 Å². The van der Waals surface area contributed by atoms with Gasteiger partial charge < -0.3 is 5.11 Å². The van der Waals surface area contributed by atoms with Crippen molar-refractivity contribution in [1.82, 2.24) is 4.98 Å². The van der Waals surface area contributed by atoms with Gasteiger partial charge in [0.1, 0.15) is 0 Å². The topological polar surface area (TPSA) is 50.2 Å². The molecule has 4 heteroatoms. The van der Waals surface area contributed by atoms with Gasteiger partial charge in [0.05, 0.1) is 11.4 Å². The molecule has 88 valence electrons. The van der Waals surface area contributed by atoms with Crippen molar-refractivity contribution in [1.29, 1.82) is 0 Å². The molecule has 0 aliphatic carbocycles. The highest BCUT2D eigenvalue weighted by atomic mass is 32.1. The molecular formula is C13H13NO2S. The van der Waals surface area contributed by atoms with Gasteiger partial charge in [-0.3, -0.25) is 9.78 Å². The second-order valence-electron chi connectivity index (χ2n) is 3.81. The molecule has 0 aliphatic rings. The quantitative estimate of drug-likeness (QED) is 0.883. The fourth-order valence-electron chi connectivity index (χ4n) is 1.77. The van der Waals surface area contributed by atoms with E-state index in [2.05, 4.69) is 4.98 Å². The Morgan fingerprint density at radius 3 is 2.71 bits per heavy atom. The third-order valence-electron chi connectivity index (χ3n) is 2.66. The molecule has 0 saturated heterocycles. The average Bonchev–Trinajstić information content (AvgIpc) is 2.83. The first kappa shape index (κ1) is 11.8. The Hall–Kier alpha value is -1.68. The average molecular weight is 247 g/mol. The fraction of sp³-hybridized carbons (Fsp3) is 0.231. The van der Waals surface area contributed by atoms with E-state index in [-0.39, 0.29) is 0 Å². The maximum atomic E-state index is 11.2. The molecule has 2 aromatic rings. The number of benzene rings is 1. The number of carboxylic acids is 1. The largest absolute Gasteiger partial charge is 0.481 e. The molecule has 0 bridgehead atoms. The van der Waals surface area contributed by atoms with Crippen molar-refractivity contribution in [3.63, 3.8) is 0 Å². The van der Waals surface area contributed by atoms with Crippen LogP contribution in [0, 0.1) is 0 Å². The summed E-state index contributed by atoms with van der Waals surface area (Å²) in [4.78, 5) is 16.4. The Kier molecular flexibility index (Phi) is 3.88. The van der Waals surface area contributed by atoms with E-state index in [0.717, 1.165) is 16.9 Å². The summed E-state index contributed by atoms with van der Waals surface area (Å²) in [6.07, 6.45) is 3.17. The fourth-order valence-corrected chi connectivity index (χ4v) is 2.38. The number of nitrogens with zero attached hydrogens (tertiary/aromatic N) is 1. The number of rotatable bonds is 5. The molecule has 1 N–H and O–H groups in total. The lowest BCUT2D eigenvalue weighted by atomic mass is 9.94. The number of hydrogen-bond donors (Lipinski definition) is 1. The van der Waals surface area contributed by atoms with E-state index in [0.29, 0.717) is 6.42 Å². The third kappa shape index (κ3) is 3.14. The molecule has 0 aliphatic heterocycles. The standard InChI is InChI=1S/C13H13NO2S/c15-13(16)12(10-4-2-1-3-5-10)7-6-11-8-14-9-17-11/h1-5,8-9,12H,6-7H2,(H,15,16). The zero-order valence-electron chi connectivity index (χ0n) is 9.24. The maximum absolute atomic E-state index is 11.2. The molecule has 3 nitrogen and oxygen atoms in total. The summed E-state index contributed by atoms with van der Waals surface area (Å²) in [5.74, 6) is -1.20. The van der Waals surface area contributed by atoms with Crippen molar-refractivity contribution in [3.8, 4) is 0 Å². The van der Waals surface area contributed by atoms with Crippen LogP contribution in [-0.4, -0.2) is 16.1 Å². The van der Waals surface area contributed by atoms with Crippen LogP contribution < -0.4 is 0 Å². The maximum Gasteiger partial charge on any atom is 0.310 e. The van der Waals surface area contributed by atoms with E-state index < -0.39 is 11.9 Å². The van der Waals surface area contributed by atoms with Gasteiger partial charge in [-0.05, 0) is 18.4 Å². The summed E-state index contributed by atoms with van der Waals surface area (Å²) in [5, 5.41) is 9.24. The Bertz CT molecular complexity index is 467. The first-order valence-electron chi connectivity index (χ1n) is 5.42. The number of carboxylic acid groups (broad SMARTS) is 1. The van der Waals surface area contributed by atoms with Gasteiger partial charge in [-0.25, -0.2) is 0 Å². The lowest BCUT2D eigenvalue weighted by Crippen LogP contribution is -2.12. The summed E-state index contributed by atoms with van der Waals surface area (Å²) in [6, 6.07) is 9.37. The molecule has 1 heterocycles. The van der Waals surface area contributed by atoms with Crippen molar-refractivity contribution in [2.24, 2.45) is 0 Å². The molecule has 0 amide bonds. The zero-order valence-corrected chi connectivity index (χ0v) is 10.1. The SMILES string of the molecule is O=C(O)C(CCc1cncs1)c1ccccc1. The van der Waals surface area contributed by atoms with Crippen molar-refractivity contribution in [2.45, 2.75) is 18.8 Å². The Morgan fingerprint density at radius 2 is 2.12 bits per heavy atom. The summed E-state index contributed by atoms with van der Waals surface area (Å²) < 4.78 is 0. The molecule has 2 rings (SSSR count). The van der Waals surface area contributed by atoms with Gasteiger partial charge in [0.2, 0.25) is 0 Å². The van der Waals surface area contributed by atoms with Crippen LogP contribution in [-0.2, 0) is 11.2 Å². The molecule has 1 aromatic heterocycles. The smallest absolute Gasteiger partial charge is 0.310 e. The van der Waals surface area contributed by atoms with E-state index in [1.807, 2.05) is 30.3 Å². The van der Waals surface area contributed by atoms with Crippen molar-refractivity contribution in [2.75, 3.05) is 0 Å². The van der Waals surface area contributed by atoms with Gasteiger partial charge in [0.15, 0.2) is 0 Å². The minimum absolute atomic E-state index is 0.432. The molecular weight excluding hydrogens is 234 g/mol. The monoisotopic (exact) mass is 247 g/mol. The van der Waals surface area contributed by atoms with Crippen molar-refractivity contribution in [3.05, 3.63) is 52.5 Å². The highest BCUT2D eigenvalue weighted by Gasteiger charge is 2.19. The lowest BCUT2D eigenvalue weighted by Gasteiger charge is -2.11. The van der Waals surface area contributed by atoms with Crippen LogP contribution >= 0.6 is 11.3 Å². The second kappa shape index (κ2) is 5.59. The van der Waals surface area contributed by atoms with Gasteiger partial charge in [-0.1, -0.05) is 30.3 Å². The Balaban J connectivity index is 2.06. The summed E-state index contributed by atoms with van der Waals surface area (Å²) in [5.41, 5.74) is 2.64. The number of hydrogen-bond acceptors (Lipinski definition) is 3. The van der Waals surface area contributed by atoms with Gasteiger partial charge in [0.25, 0.3) is 0 Å². The molecule has 0 fully saturated rings. The minimum atomic E-state index is -0.763. The van der Waals surface area contributed by atoms with Crippen molar-refractivity contribution >= 4 is 17.3 Å². The first-order valence-corrected chi connectivity index (χ1v) is 6.30. The van der Waals surface area contributed by atoms with Gasteiger partial charge >= 0.3 is 5.97 Å². The molecule has 17 heavy (non-hydrogen) atoms. The summed E-state index contributed by atoms with van der Waals surface area (Å²) in [6.45, 7) is 0. The van der Waals surface area contributed by atoms with Crippen LogP contribution in [0.3, 0.4) is 0 Å². The highest BCUT2D eigenvalue weighted by Crippen LogP contribution is 2.22. The minimum Gasteiger partial charge on any atom is -0.481 e. The molecule has 0 saturated carbocycles. The first-order chi connectivity index (χ1) is 8.27. The van der Waals surface area contributed by atoms with Gasteiger partial charge in [-0.15, -0.1) is 11.3 Å². The van der Waals surface area contributed by atoms with Crippen LogP contribution in [0.1, 0.15) is 22.8 Å². The van der Waals surface area contributed by atoms with E-state index in [4.69, 9.17) is 0 Å². The Labute approximate surface area is 104 Å². The lowest BCUT2D eigenvalue weighted by molar-refractivity contribution is -0.138. The van der Waals surface area contributed by atoms with E-state index in [1.54, 1.807) is 23.0 Å². The number of aryl methyl sites for hydroxylation is 1. The van der Waals surface area contributed by atoms with Crippen molar-refractivity contribution < 1.29 is 9.90 Å². The van der Waals surface area contributed by atoms with Gasteiger partial charge in [0, 0.05) is 11.1 Å². The summed E-state index contributed by atoms with van der Waals surface area (Å²) in [7, 11) is 0. The number of thiazole rings is 1. The third-order valence-corrected chi connectivity index (χ3v) is 3.50. The van der Waals surface area contributed by atoms with Gasteiger partial charge in [-0.2, -0.15) is 0 Å². The zero-order chi connectivity index (χ0) is 12.1. The predicted octanol–water partition coefficient (Wildman–Crippen LogP) is 2.94. The molecule has 1 unspecified atom stereocenters. The van der Waals surface area contributed by atoms with E-state index in [9.17, 15) is 9.90 Å². The number of carbonyl (C=O) groups is 1. The second-order valence-corrected chi connectivity index (χ2v) is 4.78. The van der Waals surface area contributed by atoms with E-state index in [1.165, 1.54) is 0 Å². The van der Waals surface area contributed by atoms with Crippen LogP contribution in [0.25, 0.3) is 0 Å². The van der Waals surface area contributed by atoms with Crippen LogP contribution in [0.15, 0.2) is 42.0 Å². The number of aliphatic carboxylic acids is 1. The Morgan fingerprint density at radius 1 is 1.35 bits per heavy atom. The van der Waals surface area contributed by atoms with E-state index >= 15 is 0 Å². The predicted molar refractivity (Wildman–Crippen MR) is 67.3 cm³/mol. The molecule has 0 spiro atoms. The number of aromatic nitrogens is 1. The highest BCUT2D eigenvalue weighted by molar-refractivity contribution is 7.09. The molecule has 0 radical (unpaired) electrons. The molecule has 1 aromatic carbocycles. The van der Waals surface area contributed by atoms with Crippen LogP contribution in [0.2, 0.25) is 0 Å². The summed E-state index contributed by atoms with van der Waals surface area (Å²) >= 11 is 1.57.